The molecule has 4 fully saturated rings. The van der Waals surface area contributed by atoms with Gasteiger partial charge in [-0.05, 0) is 12.8 Å². The predicted octanol–water partition coefficient (Wildman–Crippen LogP) is 2.34. The average Bonchev–Trinajstić information content (AvgIpc) is 2.32. The molecule has 4 heteroatoms. The Morgan fingerprint density at radius 2 is 1.28 bits per heavy atom. The topological polar surface area (TPSA) is 47.9 Å². The molecule has 0 atom stereocenters. The second-order valence-electron chi connectivity index (χ2n) is 5.85. The Morgan fingerprint density at radius 3 is 1.83 bits per heavy atom. The second kappa shape index (κ2) is 5.45. The number of aliphatic hydroxyl groups is 1. The summed E-state index contributed by atoms with van der Waals surface area (Å²) in [5, 5.41) is 8.72. The minimum atomic E-state index is -0.703. The van der Waals surface area contributed by atoms with Gasteiger partial charge in [0.25, 0.3) is 5.97 Å². The van der Waals surface area contributed by atoms with Crippen molar-refractivity contribution in [3.05, 3.63) is 0 Å². The van der Waals surface area contributed by atoms with Crippen LogP contribution in [0, 0.1) is 0 Å². The molecule has 0 spiro atoms. The van der Waals surface area contributed by atoms with Crippen molar-refractivity contribution in [2.75, 3.05) is 6.61 Å². The van der Waals surface area contributed by atoms with Crippen LogP contribution in [0.5, 0.6) is 0 Å². The van der Waals surface area contributed by atoms with Crippen LogP contribution in [0.15, 0.2) is 0 Å². The van der Waals surface area contributed by atoms with Crippen LogP contribution in [0.25, 0.3) is 0 Å². The molecule has 4 bridgehead atoms. The van der Waals surface area contributed by atoms with Gasteiger partial charge in [0.2, 0.25) is 0 Å². The van der Waals surface area contributed by atoms with E-state index in [1.807, 2.05) is 0 Å². The lowest BCUT2D eigenvalue weighted by atomic mass is 9.88. The third kappa shape index (κ3) is 2.72. The van der Waals surface area contributed by atoms with Crippen LogP contribution in [-0.4, -0.2) is 36.0 Å². The summed E-state index contributed by atoms with van der Waals surface area (Å²) in [7, 11) is 0. The minimum Gasteiger partial charge on any atom is -0.396 e. The number of hydrogen-bond acceptors (Lipinski definition) is 4. The molecule has 1 N–H and O–H groups in total. The zero-order valence-corrected chi connectivity index (χ0v) is 11.0. The van der Waals surface area contributed by atoms with Gasteiger partial charge in [-0.3, -0.25) is 0 Å². The number of ether oxygens (including phenoxy) is 3. The maximum Gasteiger partial charge on any atom is 0.283 e. The Balaban J connectivity index is 1.42. The molecule has 3 heterocycles. The zero-order valence-electron chi connectivity index (χ0n) is 11.0. The smallest absolute Gasteiger partial charge is 0.283 e. The molecule has 3 saturated heterocycles. The van der Waals surface area contributed by atoms with Crippen LogP contribution in [-0.2, 0) is 14.2 Å². The Hall–Kier alpha value is -0.160. The first-order valence-electron chi connectivity index (χ1n) is 7.44. The summed E-state index contributed by atoms with van der Waals surface area (Å²) >= 11 is 0. The second-order valence-corrected chi connectivity index (χ2v) is 5.85. The van der Waals surface area contributed by atoms with E-state index in [1.165, 1.54) is 6.42 Å². The SMILES string of the molecule is OCCCCCCCC12OC3CC(CC(C3)O1)O2. The van der Waals surface area contributed by atoms with Gasteiger partial charge < -0.3 is 19.3 Å². The van der Waals surface area contributed by atoms with E-state index in [1.54, 1.807) is 0 Å². The van der Waals surface area contributed by atoms with Crippen molar-refractivity contribution in [2.24, 2.45) is 0 Å². The van der Waals surface area contributed by atoms with Crippen molar-refractivity contribution in [2.45, 2.75) is 82.1 Å². The molecule has 0 aromatic rings. The minimum absolute atomic E-state index is 0.310. The Kier molecular flexibility index (Phi) is 3.89. The van der Waals surface area contributed by atoms with Gasteiger partial charge in [-0.15, -0.1) is 0 Å². The van der Waals surface area contributed by atoms with Gasteiger partial charge in [0.15, 0.2) is 0 Å². The largest absolute Gasteiger partial charge is 0.396 e. The van der Waals surface area contributed by atoms with E-state index < -0.39 is 5.97 Å². The van der Waals surface area contributed by atoms with E-state index >= 15 is 0 Å². The molecule has 3 aliphatic heterocycles. The van der Waals surface area contributed by atoms with Gasteiger partial charge in [0, 0.05) is 32.3 Å². The fraction of sp³-hybridized carbons (Fsp3) is 1.00. The first kappa shape index (κ1) is 12.9. The van der Waals surface area contributed by atoms with Crippen LogP contribution in [0.1, 0.15) is 57.8 Å². The predicted molar refractivity (Wildman–Crippen MR) is 66.0 cm³/mol. The quantitative estimate of drug-likeness (QED) is 0.710. The van der Waals surface area contributed by atoms with Crippen LogP contribution in [0.3, 0.4) is 0 Å². The molecule has 0 aromatic heterocycles. The molecule has 1 aliphatic carbocycles. The molecular weight excluding hydrogens is 232 g/mol. The highest BCUT2D eigenvalue weighted by atomic mass is 16.9. The molecular formula is C14H24O4. The van der Waals surface area contributed by atoms with Crippen molar-refractivity contribution >= 4 is 0 Å². The van der Waals surface area contributed by atoms with E-state index in [0.29, 0.717) is 24.9 Å². The third-order valence-electron chi connectivity index (χ3n) is 4.26. The Morgan fingerprint density at radius 1 is 0.778 bits per heavy atom. The molecule has 0 amide bonds. The number of aliphatic hydroxyl groups excluding tert-OH is 1. The standard InChI is InChI=1S/C14H24O4/c15-7-5-3-1-2-4-6-14-16-11-8-12(17-14)10-13(9-11)18-14/h11-13,15H,1-10H2. The summed E-state index contributed by atoms with van der Waals surface area (Å²) in [6, 6.07) is 0. The fourth-order valence-electron chi connectivity index (χ4n) is 3.46. The van der Waals surface area contributed by atoms with Crippen molar-refractivity contribution in [1.82, 2.24) is 0 Å². The van der Waals surface area contributed by atoms with Gasteiger partial charge in [-0.1, -0.05) is 19.3 Å². The normalized spacial score (nSPS) is 41.5. The van der Waals surface area contributed by atoms with Crippen LogP contribution >= 0.6 is 0 Å². The van der Waals surface area contributed by atoms with Crippen molar-refractivity contribution < 1.29 is 19.3 Å². The zero-order chi connectivity index (χ0) is 12.4. The van der Waals surface area contributed by atoms with Crippen LogP contribution in [0.4, 0.5) is 0 Å². The molecule has 104 valence electrons. The molecule has 0 aromatic carbocycles. The van der Waals surface area contributed by atoms with Gasteiger partial charge in [0.1, 0.15) is 0 Å². The van der Waals surface area contributed by atoms with Crippen LogP contribution in [0.2, 0.25) is 0 Å². The van der Waals surface area contributed by atoms with E-state index in [4.69, 9.17) is 19.3 Å². The summed E-state index contributed by atoms with van der Waals surface area (Å²) in [6.07, 6.45) is 10.6. The first-order valence-corrected chi connectivity index (χ1v) is 7.44. The lowest BCUT2D eigenvalue weighted by Crippen LogP contribution is -2.62. The maximum absolute atomic E-state index is 8.72. The number of unbranched alkanes of at least 4 members (excludes halogenated alkanes) is 4. The highest BCUT2D eigenvalue weighted by molar-refractivity contribution is 4.91. The van der Waals surface area contributed by atoms with E-state index in [0.717, 1.165) is 51.4 Å². The molecule has 1 saturated carbocycles. The lowest BCUT2D eigenvalue weighted by molar-refractivity contribution is -0.495. The van der Waals surface area contributed by atoms with Gasteiger partial charge in [-0.25, -0.2) is 0 Å². The highest BCUT2D eigenvalue weighted by Crippen LogP contribution is 2.46. The Labute approximate surface area is 109 Å². The molecule has 0 radical (unpaired) electrons. The van der Waals surface area contributed by atoms with Crippen molar-refractivity contribution in [3.63, 3.8) is 0 Å². The maximum atomic E-state index is 8.72. The summed E-state index contributed by atoms with van der Waals surface area (Å²) in [4.78, 5) is 0. The van der Waals surface area contributed by atoms with Gasteiger partial charge in [-0.2, -0.15) is 0 Å². The molecule has 4 aliphatic rings. The van der Waals surface area contributed by atoms with Crippen molar-refractivity contribution in [3.8, 4) is 0 Å². The van der Waals surface area contributed by atoms with Gasteiger partial charge in [0.05, 0.1) is 18.3 Å². The number of rotatable bonds is 7. The van der Waals surface area contributed by atoms with E-state index in [2.05, 4.69) is 0 Å². The first-order chi connectivity index (χ1) is 8.80. The third-order valence-corrected chi connectivity index (χ3v) is 4.26. The molecule has 18 heavy (non-hydrogen) atoms. The molecule has 0 unspecified atom stereocenters. The fourth-order valence-corrected chi connectivity index (χ4v) is 3.46. The van der Waals surface area contributed by atoms with Gasteiger partial charge >= 0.3 is 0 Å². The number of hydrogen-bond donors (Lipinski definition) is 1. The molecule has 4 rings (SSSR count). The van der Waals surface area contributed by atoms with Crippen molar-refractivity contribution in [1.29, 1.82) is 0 Å². The lowest BCUT2D eigenvalue weighted by Gasteiger charge is -2.55. The summed E-state index contributed by atoms with van der Waals surface area (Å²) in [5.41, 5.74) is 0. The van der Waals surface area contributed by atoms with E-state index in [-0.39, 0.29) is 0 Å². The Bertz CT molecular complexity index is 244. The highest BCUT2D eigenvalue weighted by Gasteiger charge is 2.54. The monoisotopic (exact) mass is 256 g/mol. The van der Waals surface area contributed by atoms with Crippen LogP contribution < -0.4 is 0 Å². The van der Waals surface area contributed by atoms with E-state index in [9.17, 15) is 0 Å². The summed E-state index contributed by atoms with van der Waals surface area (Å²) < 4.78 is 17.9. The molecule has 4 nitrogen and oxygen atoms in total. The summed E-state index contributed by atoms with van der Waals surface area (Å²) in [5.74, 6) is -0.703. The average molecular weight is 256 g/mol. The summed E-state index contributed by atoms with van der Waals surface area (Å²) in [6.45, 7) is 0.310.